The van der Waals surface area contributed by atoms with Crippen LogP contribution in [-0.4, -0.2) is 11.1 Å². The zero-order valence-electron chi connectivity index (χ0n) is 11.3. The molecule has 2 rings (SSSR count). The standard InChI is InChI=1S/C17H17ClO2/c1-12-3-2-4-14(9-12)11-15(17(19)20)10-13-5-7-16(18)8-6-13/h2-9,15H,10-11H2,1H3,(H,19,20). The van der Waals surface area contributed by atoms with E-state index >= 15 is 0 Å². The van der Waals surface area contributed by atoms with Crippen LogP contribution >= 0.6 is 11.6 Å². The number of rotatable bonds is 5. The highest BCUT2D eigenvalue weighted by Crippen LogP contribution is 2.18. The minimum atomic E-state index is -0.763. The number of hydrogen-bond donors (Lipinski definition) is 1. The number of benzene rings is 2. The van der Waals surface area contributed by atoms with Gasteiger partial charge in [0.1, 0.15) is 0 Å². The summed E-state index contributed by atoms with van der Waals surface area (Å²) in [6.45, 7) is 2.01. The minimum Gasteiger partial charge on any atom is -0.481 e. The lowest BCUT2D eigenvalue weighted by molar-refractivity contribution is -0.141. The van der Waals surface area contributed by atoms with Gasteiger partial charge in [-0.15, -0.1) is 0 Å². The van der Waals surface area contributed by atoms with Crippen LogP contribution in [0, 0.1) is 12.8 Å². The van der Waals surface area contributed by atoms with Crippen LogP contribution in [0.2, 0.25) is 5.02 Å². The molecule has 0 fully saturated rings. The van der Waals surface area contributed by atoms with Crippen LogP contribution in [0.1, 0.15) is 16.7 Å². The Bertz CT molecular complexity index is 590. The molecule has 20 heavy (non-hydrogen) atoms. The molecule has 0 aromatic heterocycles. The molecule has 0 radical (unpaired) electrons. The van der Waals surface area contributed by atoms with Crippen molar-refractivity contribution in [2.75, 3.05) is 0 Å². The van der Waals surface area contributed by atoms with Crippen molar-refractivity contribution < 1.29 is 9.90 Å². The summed E-state index contributed by atoms with van der Waals surface area (Å²) in [4.78, 5) is 11.4. The van der Waals surface area contributed by atoms with Crippen LogP contribution < -0.4 is 0 Å². The van der Waals surface area contributed by atoms with Crippen molar-refractivity contribution in [1.82, 2.24) is 0 Å². The zero-order chi connectivity index (χ0) is 14.5. The molecule has 2 aromatic carbocycles. The summed E-state index contributed by atoms with van der Waals surface area (Å²) in [5, 5.41) is 10.1. The van der Waals surface area contributed by atoms with Gasteiger partial charge in [0.2, 0.25) is 0 Å². The maximum atomic E-state index is 11.4. The van der Waals surface area contributed by atoms with E-state index in [2.05, 4.69) is 0 Å². The largest absolute Gasteiger partial charge is 0.481 e. The van der Waals surface area contributed by atoms with E-state index in [1.54, 1.807) is 12.1 Å². The van der Waals surface area contributed by atoms with Crippen LogP contribution in [0.5, 0.6) is 0 Å². The summed E-state index contributed by atoms with van der Waals surface area (Å²) in [6.07, 6.45) is 1.06. The maximum Gasteiger partial charge on any atom is 0.307 e. The Morgan fingerprint density at radius 3 is 2.35 bits per heavy atom. The topological polar surface area (TPSA) is 37.3 Å². The average molecular weight is 289 g/mol. The predicted molar refractivity (Wildman–Crippen MR) is 81.2 cm³/mol. The molecular formula is C17H17ClO2. The summed E-state index contributed by atoms with van der Waals surface area (Å²) < 4.78 is 0. The first-order valence-corrected chi connectivity index (χ1v) is 6.95. The van der Waals surface area contributed by atoms with E-state index in [4.69, 9.17) is 11.6 Å². The van der Waals surface area contributed by atoms with E-state index in [0.717, 1.165) is 16.7 Å². The summed E-state index contributed by atoms with van der Waals surface area (Å²) >= 11 is 5.84. The van der Waals surface area contributed by atoms with Crippen LogP contribution in [-0.2, 0) is 17.6 Å². The molecule has 0 aliphatic rings. The molecule has 0 amide bonds. The van der Waals surface area contributed by atoms with Gasteiger partial charge in [0.05, 0.1) is 5.92 Å². The number of aryl methyl sites for hydroxylation is 1. The monoisotopic (exact) mass is 288 g/mol. The van der Waals surface area contributed by atoms with Gasteiger partial charge < -0.3 is 5.11 Å². The number of hydrogen-bond acceptors (Lipinski definition) is 1. The second-order valence-electron chi connectivity index (χ2n) is 5.06. The molecule has 1 unspecified atom stereocenters. The normalized spacial score (nSPS) is 12.1. The van der Waals surface area contributed by atoms with Crippen LogP contribution in [0.3, 0.4) is 0 Å². The number of aliphatic carboxylic acids is 1. The summed E-state index contributed by atoms with van der Waals surface area (Å²) in [7, 11) is 0. The van der Waals surface area contributed by atoms with E-state index in [0.29, 0.717) is 17.9 Å². The Balaban J connectivity index is 2.11. The first-order valence-electron chi connectivity index (χ1n) is 6.57. The molecule has 2 nitrogen and oxygen atoms in total. The van der Waals surface area contributed by atoms with Gasteiger partial charge in [0.25, 0.3) is 0 Å². The third kappa shape index (κ3) is 4.10. The molecule has 0 aliphatic carbocycles. The lowest BCUT2D eigenvalue weighted by Crippen LogP contribution is -2.19. The number of carboxylic acid groups (broad SMARTS) is 1. The lowest BCUT2D eigenvalue weighted by atomic mass is 9.92. The van der Waals surface area contributed by atoms with Crippen LogP contribution in [0.4, 0.5) is 0 Å². The highest BCUT2D eigenvalue weighted by atomic mass is 35.5. The van der Waals surface area contributed by atoms with Gasteiger partial charge in [-0.05, 0) is 43.0 Å². The summed E-state index contributed by atoms with van der Waals surface area (Å²) in [6, 6.07) is 15.3. The second-order valence-corrected chi connectivity index (χ2v) is 5.50. The SMILES string of the molecule is Cc1cccc(CC(Cc2ccc(Cl)cc2)C(=O)O)c1. The van der Waals surface area contributed by atoms with Crippen molar-refractivity contribution in [3.05, 3.63) is 70.2 Å². The molecule has 0 heterocycles. The molecule has 0 aliphatic heterocycles. The van der Waals surface area contributed by atoms with Crippen LogP contribution in [0.25, 0.3) is 0 Å². The third-order valence-electron chi connectivity index (χ3n) is 3.31. The van der Waals surface area contributed by atoms with Gasteiger partial charge in [0.15, 0.2) is 0 Å². The van der Waals surface area contributed by atoms with Crippen LogP contribution in [0.15, 0.2) is 48.5 Å². The molecule has 0 saturated heterocycles. The molecule has 104 valence electrons. The van der Waals surface area contributed by atoms with E-state index in [1.807, 2.05) is 43.3 Å². The van der Waals surface area contributed by atoms with E-state index < -0.39 is 11.9 Å². The fraction of sp³-hybridized carbons (Fsp3) is 0.235. The Morgan fingerprint density at radius 1 is 1.10 bits per heavy atom. The van der Waals surface area contributed by atoms with Gasteiger partial charge in [-0.25, -0.2) is 0 Å². The fourth-order valence-electron chi connectivity index (χ4n) is 2.28. The highest BCUT2D eigenvalue weighted by molar-refractivity contribution is 6.30. The van der Waals surface area contributed by atoms with Crippen molar-refractivity contribution in [2.45, 2.75) is 19.8 Å². The molecule has 3 heteroatoms. The van der Waals surface area contributed by atoms with Gasteiger partial charge in [-0.1, -0.05) is 53.6 Å². The van der Waals surface area contributed by atoms with E-state index in [1.165, 1.54) is 0 Å². The predicted octanol–water partition coefficient (Wildman–Crippen LogP) is 4.13. The smallest absolute Gasteiger partial charge is 0.307 e. The Labute approximate surface area is 124 Å². The Hall–Kier alpha value is -1.80. The van der Waals surface area contributed by atoms with Crippen molar-refractivity contribution in [2.24, 2.45) is 5.92 Å². The molecule has 2 aromatic rings. The highest BCUT2D eigenvalue weighted by Gasteiger charge is 2.18. The van der Waals surface area contributed by atoms with Crippen molar-refractivity contribution in [3.8, 4) is 0 Å². The van der Waals surface area contributed by atoms with Crippen molar-refractivity contribution in [3.63, 3.8) is 0 Å². The number of carboxylic acids is 1. The summed E-state index contributed by atoms with van der Waals surface area (Å²) in [5.41, 5.74) is 3.21. The maximum absolute atomic E-state index is 11.4. The quantitative estimate of drug-likeness (QED) is 0.898. The van der Waals surface area contributed by atoms with Gasteiger partial charge >= 0.3 is 5.97 Å². The lowest BCUT2D eigenvalue weighted by Gasteiger charge is -2.13. The molecule has 1 N–H and O–H groups in total. The molecule has 1 atom stereocenters. The molecule has 0 bridgehead atoms. The van der Waals surface area contributed by atoms with Crippen molar-refractivity contribution >= 4 is 17.6 Å². The summed E-state index contributed by atoms with van der Waals surface area (Å²) in [5.74, 6) is -1.18. The van der Waals surface area contributed by atoms with E-state index in [-0.39, 0.29) is 0 Å². The number of carbonyl (C=O) groups is 1. The minimum absolute atomic E-state index is 0.419. The van der Waals surface area contributed by atoms with Gasteiger partial charge in [-0.3, -0.25) is 4.79 Å². The van der Waals surface area contributed by atoms with Gasteiger partial charge in [0, 0.05) is 5.02 Å². The molecular weight excluding hydrogens is 272 g/mol. The first-order chi connectivity index (χ1) is 9.54. The zero-order valence-corrected chi connectivity index (χ0v) is 12.1. The van der Waals surface area contributed by atoms with Gasteiger partial charge in [-0.2, -0.15) is 0 Å². The average Bonchev–Trinajstić information content (AvgIpc) is 2.40. The first kappa shape index (κ1) is 14.6. The Kier molecular flexibility index (Phi) is 4.80. The fourth-order valence-corrected chi connectivity index (χ4v) is 2.40. The van der Waals surface area contributed by atoms with Crippen molar-refractivity contribution in [1.29, 1.82) is 0 Å². The molecule has 0 saturated carbocycles. The second kappa shape index (κ2) is 6.58. The third-order valence-corrected chi connectivity index (χ3v) is 3.56. The van der Waals surface area contributed by atoms with E-state index in [9.17, 15) is 9.90 Å². The number of halogens is 1. The molecule has 0 spiro atoms. The Morgan fingerprint density at radius 2 is 1.75 bits per heavy atom.